The van der Waals surface area contributed by atoms with E-state index in [2.05, 4.69) is 20.6 Å². The number of benzene rings is 1. The molecular weight excluding hydrogens is 371 g/mol. The summed E-state index contributed by atoms with van der Waals surface area (Å²) in [5.74, 6) is -2.08. The molecule has 0 spiro atoms. The Morgan fingerprint density at radius 1 is 1.15 bits per heavy atom. The van der Waals surface area contributed by atoms with Crippen LogP contribution in [0.3, 0.4) is 0 Å². The molecule has 12 heteroatoms. The van der Waals surface area contributed by atoms with Gasteiger partial charge in [0.05, 0.1) is 12.0 Å². The van der Waals surface area contributed by atoms with Crippen LogP contribution < -0.4 is 16.4 Å². The van der Waals surface area contributed by atoms with Gasteiger partial charge >= 0.3 is 18.2 Å². The molecule has 0 aliphatic heterocycles. The van der Waals surface area contributed by atoms with E-state index in [1.54, 1.807) is 0 Å². The number of urea groups is 1. The summed E-state index contributed by atoms with van der Waals surface area (Å²) in [5, 5.41) is 13.2. The van der Waals surface area contributed by atoms with Gasteiger partial charge in [-0.25, -0.2) is 9.78 Å². The number of nitrogens with one attached hydrogen (secondary N) is 3. The number of primary amides is 1. The van der Waals surface area contributed by atoms with E-state index in [4.69, 9.17) is 10.8 Å². The van der Waals surface area contributed by atoms with Crippen molar-refractivity contribution in [3.8, 4) is 0 Å². The predicted molar refractivity (Wildman–Crippen MR) is 87.1 cm³/mol. The summed E-state index contributed by atoms with van der Waals surface area (Å²) in [6.45, 7) is 0. The molecule has 3 amide bonds. The maximum absolute atomic E-state index is 12.5. The van der Waals surface area contributed by atoms with Crippen LogP contribution in [0.5, 0.6) is 0 Å². The standard InChI is InChI=1S/C15H14F3N5O4/c16-15(17,18)7-1-3-8(4-2-7)20-14(27)23-13-11(12(19)26)21-9(22-13)5-6-10(24)25/h1-4H,5-6H2,(H2,19,26)(H,21,22)(H,24,25)(H2,20,23,27). The van der Waals surface area contributed by atoms with Gasteiger partial charge < -0.3 is 21.1 Å². The Labute approximate surface area is 149 Å². The number of hydrogen-bond donors (Lipinski definition) is 5. The van der Waals surface area contributed by atoms with Gasteiger partial charge in [0.1, 0.15) is 11.6 Å². The molecule has 1 heterocycles. The van der Waals surface area contributed by atoms with Crippen LogP contribution in [0.1, 0.15) is 28.3 Å². The van der Waals surface area contributed by atoms with Crippen molar-refractivity contribution in [3.05, 3.63) is 41.3 Å². The summed E-state index contributed by atoms with van der Waals surface area (Å²) in [4.78, 5) is 40.3. The van der Waals surface area contributed by atoms with E-state index in [1.807, 2.05) is 0 Å². The van der Waals surface area contributed by atoms with Gasteiger partial charge in [-0.2, -0.15) is 13.2 Å². The van der Waals surface area contributed by atoms with Crippen molar-refractivity contribution in [2.24, 2.45) is 5.73 Å². The minimum atomic E-state index is -4.50. The number of H-pyrrole nitrogens is 1. The third-order valence-corrected chi connectivity index (χ3v) is 3.27. The van der Waals surface area contributed by atoms with Gasteiger partial charge in [-0.15, -0.1) is 0 Å². The number of amides is 3. The van der Waals surface area contributed by atoms with Crippen LogP contribution in [0.2, 0.25) is 0 Å². The Hall–Kier alpha value is -3.57. The summed E-state index contributed by atoms with van der Waals surface area (Å²) in [6.07, 6.45) is -4.79. The average Bonchev–Trinajstić information content (AvgIpc) is 2.95. The van der Waals surface area contributed by atoms with Crippen molar-refractivity contribution in [2.75, 3.05) is 10.6 Å². The summed E-state index contributed by atoms with van der Waals surface area (Å²) in [6, 6.07) is 2.84. The fourth-order valence-electron chi connectivity index (χ4n) is 2.05. The number of imidazole rings is 1. The second-order valence-electron chi connectivity index (χ2n) is 5.32. The number of rotatable bonds is 6. The van der Waals surface area contributed by atoms with Crippen molar-refractivity contribution >= 4 is 29.4 Å². The number of alkyl halides is 3. The van der Waals surface area contributed by atoms with E-state index in [0.29, 0.717) is 0 Å². The van der Waals surface area contributed by atoms with E-state index >= 15 is 0 Å². The zero-order chi connectivity index (χ0) is 20.2. The topological polar surface area (TPSA) is 150 Å². The fourth-order valence-corrected chi connectivity index (χ4v) is 2.05. The van der Waals surface area contributed by atoms with Crippen molar-refractivity contribution in [1.82, 2.24) is 9.97 Å². The second kappa shape index (κ2) is 7.76. The number of carboxylic acid groups (broad SMARTS) is 1. The zero-order valence-corrected chi connectivity index (χ0v) is 13.6. The number of aromatic nitrogens is 2. The molecular formula is C15H14F3N5O4. The smallest absolute Gasteiger partial charge is 0.416 e. The Morgan fingerprint density at radius 2 is 1.78 bits per heavy atom. The quantitative estimate of drug-likeness (QED) is 0.516. The molecule has 9 nitrogen and oxygen atoms in total. The molecule has 1 aromatic heterocycles. The lowest BCUT2D eigenvalue weighted by molar-refractivity contribution is -0.138. The molecule has 2 aromatic rings. The Balaban J connectivity index is 2.08. The highest BCUT2D eigenvalue weighted by Crippen LogP contribution is 2.29. The van der Waals surface area contributed by atoms with Crippen molar-refractivity contribution in [2.45, 2.75) is 19.0 Å². The first kappa shape index (κ1) is 19.8. The first-order valence-corrected chi connectivity index (χ1v) is 7.42. The van der Waals surface area contributed by atoms with Crippen LogP contribution in [-0.2, 0) is 17.4 Å². The normalized spacial score (nSPS) is 11.1. The van der Waals surface area contributed by atoms with E-state index in [9.17, 15) is 27.6 Å². The summed E-state index contributed by atoms with van der Waals surface area (Å²) in [5.41, 5.74) is 4.05. The van der Waals surface area contributed by atoms with Gasteiger partial charge in [0.15, 0.2) is 5.69 Å². The van der Waals surface area contributed by atoms with Crippen molar-refractivity contribution in [1.29, 1.82) is 0 Å². The number of aliphatic carboxylic acids is 1. The van der Waals surface area contributed by atoms with E-state index < -0.39 is 29.6 Å². The maximum Gasteiger partial charge on any atom is 0.416 e. The summed E-state index contributed by atoms with van der Waals surface area (Å²) >= 11 is 0. The predicted octanol–water partition coefficient (Wildman–Crippen LogP) is 2.19. The average molecular weight is 385 g/mol. The molecule has 0 aliphatic carbocycles. The third kappa shape index (κ3) is 5.45. The van der Waals surface area contributed by atoms with Crippen LogP contribution in [0.4, 0.5) is 29.5 Å². The van der Waals surface area contributed by atoms with Crippen LogP contribution in [0, 0.1) is 0 Å². The van der Waals surface area contributed by atoms with Gasteiger partial charge in [-0.1, -0.05) is 0 Å². The van der Waals surface area contributed by atoms with Gasteiger partial charge in [-0.3, -0.25) is 14.9 Å². The molecule has 27 heavy (non-hydrogen) atoms. The van der Waals surface area contributed by atoms with Crippen LogP contribution in [0.15, 0.2) is 24.3 Å². The Morgan fingerprint density at radius 3 is 2.30 bits per heavy atom. The van der Waals surface area contributed by atoms with Crippen LogP contribution in [-0.4, -0.2) is 33.0 Å². The SMILES string of the molecule is NC(=O)c1nc(CCC(=O)O)[nH]c1NC(=O)Nc1ccc(C(F)(F)F)cc1. The summed E-state index contributed by atoms with van der Waals surface area (Å²) < 4.78 is 37.5. The lowest BCUT2D eigenvalue weighted by Gasteiger charge is -2.09. The van der Waals surface area contributed by atoms with Gasteiger partial charge in [0.25, 0.3) is 5.91 Å². The molecule has 0 aliphatic rings. The Kier molecular flexibility index (Phi) is 5.68. The number of carbonyl (C=O) groups is 3. The highest BCUT2D eigenvalue weighted by atomic mass is 19.4. The summed E-state index contributed by atoms with van der Waals surface area (Å²) in [7, 11) is 0. The van der Waals surface area contributed by atoms with Crippen molar-refractivity contribution < 1.29 is 32.7 Å². The number of nitrogens with two attached hydrogens (primary N) is 1. The first-order valence-electron chi connectivity index (χ1n) is 7.42. The van der Waals surface area contributed by atoms with Gasteiger partial charge in [0.2, 0.25) is 0 Å². The highest BCUT2D eigenvalue weighted by molar-refractivity contribution is 6.04. The third-order valence-electron chi connectivity index (χ3n) is 3.27. The molecule has 2 rings (SSSR count). The minimum absolute atomic E-state index is 0.0299. The lowest BCUT2D eigenvalue weighted by atomic mass is 10.2. The van der Waals surface area contributed by atoms with E-state index in [-0.39, 0.29) is 35.9 Å². The number of carbonyl (C=O) groups excluding carboxylic acids is 2. The number of halogens is 3. The lowest BCUT2D eigenvalue weighted by Crippen LogP contribution is -2.22. The Bertz CT molecular complexity index is 861. The molecule has 0 unspecified atom stereocenters. The molecule has 6 N–H and O–H groups in total. The number of carboxylic acids is 1. The molecule has 144 valence electrons. The largest absolute Gasteiger partial charge is 0.481 e. The first-order chi connectivity index (χ1) is 12.6. The van der Waals surface area contributed by atoms with Gasteiger partial charge in [0, 0.05) is 12.1 Å². The zero-order valence-electron chi connectivity index (χ0n) is 13.6. The maximum atomic E-state index is 12.5. The molecule has 0 radical (unpaired) electrons. The van der Waals surface area contributed by atoms with E-state index in [1.165, 1.54) is 0 Å². The fraction of sp³-hybridized carbons (Fsp3) is 0.200. The molecule has 0 atom stereocenters. The number of aromatic amines is 1. The molecule has 1 aromatic carbocycles. The molecule has 0 fully saturated rings. The van der Waals surface area contributed by atoms with Crippen molar-refractivity contribution in [3.63, 3.8) is 0 Å². The van der Waals surface area contributed by atoms with Crippen LogP contribution in [0.25, 0.3) is 0 Å². The monoisotopic (exact) mass is 385 g/mol. The number of aryl methyl sites for hydroxylation is 1. The second-order valence-corrected chi connectivity index (χ2v) is 5.32. The number of hydrogen-bond acceptors (Lipinski definition) is 4. The molecule has 0 saturated carbocycles. The highest BCUT2D eigenvalue weighted by Gasteiger charge is 2.30. The minimum Gasteiger partial charge on any atom is -0.481 e. The van der Waals surface area contributed by atoms with Crippen LogP contribution >= 0.6 is 0 Å². The number of nitrogens with zero attached hydrogens (tertiary/aromatic N) is 1. The molecule has 0 bridgehead atoms. The number of anilines is 2. The molecule has 0 saturated heterocycles. The van der Waals surface area contributed by atoms with E-state index in [0.717, 1.165) is 24.3 Å². The van der Waals surface area contributed by atoms with Gasteiger partial charge in [-0.05, 0) is 24.3 Å².